The Labute approximate surface area is 95.1 Å². The van der Waals surface area contributed by atoms with Crippen molar-refractivity contribution in [3.8, 4) is 0 Å². The van der Waals surface area contributed by atoms with Crippen LogP contribution >= 0.6 is 0 Å². The Balaban J connectivity index is 2.20. The van der Waals surface area contributed by atoms with Crippen molar-refractivity contribution in [3.63, 3.8) is 0 Å². The second-order valence-electron chi connectivity index (χ2n) is 3.74. The maximum atomic E-state index is 6.13. The largest absolute Gasteiger partial charge is 0.322 e. The number of nitrogens with two attached hydrogens (primary N) is 2. The van der Waals surface area contributed by atoms with Crippen LogP contribution < -0.4 is 11.5 Å². The molecule has 0 radical (unpaired) electrons. The van der Waals surface area contributed by atoms with E-state index in [0.29, 0.717) is 0 Å². The van der Waals surface area contributed by atoms with E-state index in [1.165, 1.54) is 0 Å². The van der Waals surface area contributed by atoms with Crippen molar-refractivity contribution in [2.24, 2.45) is 11.5 Å². The summed E-state index contributed by atoms with van der Waals surface area (Å²) in [5.74, 6) is 0. The van der Waals surface area contributed by atoms with E-state index in [0.717, 1.165) is 11.1 Å². The van der Waals surface area contributed by atoms with Gasteiger partial charge in [0.05, 0.1) is 0 Å². The standard InChI is InChI=1S/C13H15N3/c14-12(10-4-2-1-3-5-10)13(15)11-6-8-16-9-7-11/h1-9,12-13H,14-15H2. The van der Waals surface area contributed by atoms with Gasteiger partial charge >= 0.3 is 0 Å². The Bertz CT molecular complexity index is 384. The highest BCUT2D eigenvalue weighted by atomic mass is 14.8. The third kappa shape index (κ3) is 2.27. The van der Waals surface area contributed by atoms with Gasteiger partial charge in [-0.15, -0.1) is 0 Å². The number of hydrogen-bond donors (Lipinski definition) is 2. The van der Waals surface area contributed by atoms with Gasteiger partial charge in [-0.05, 0) is 23.3 Å². The molecular weight excluding hydrogens is 198 g/mol. The normalized spacial score (nSPS) is 14.4. The predicted octanol–water partition coefficient (Wildman–Crippen LogP) is 1.78. The second-order valence-corrected chi connectivity index (χ2v) is 3.74. The lowest BCUT2D eigenvalue weighted by atomic mass is 9.96. The first-order valence-corrected chi connectivity index (χ1v) is 5.25. The van der Waals surface area contributed by atoms with Crippen molar-refractivity contribution in [3.05, 3.63) is 66.0 Å². The smallest absolute Gasteiger partial charge is 0.0492 e. The molecule has 2 rings (SSSR count). The average molecular weight is 213 g/mol. The SMILES string of the molecule is NC(c1ccccc1)C(N)c1ccncc1. The minimum Gasteiger partial charge on any atom is -0.322 e. The molecule has 1 heterocycles. The van der Waals surface area contributed by atoms with Gasteiger partial charge in [-0.3, -0.25) is 4.98 Å². The zero-order chi connectivity index (χ0) is 11.4. The van der Waals surface area contributed by atoms with Crippen LogP contribution in [0.2, 0.25) is 0 Å². The molecule has 82 valence electrons. The fraction of sp³-hybridized carbons (Fsp3) is 0.154. The molecule has 2 atom stereocenters. The molecule has 0 spiro atoms. The molecule has 2 unspecified atom stereocenters. The molecule has 1 aromatic heterocycles. The van der Waals surface area contributed by atoms with Crippen LogP contribution in [-0.4, -0.2) is 4.98 Å². The molecule has 0 amide bonds. The maximum absolute atomic E-state index is 6.13. The summed E-state index contributed by atoms with van der Waals surface area (Å²) in [5.41, 5.74) is 14.3. The zero-order valence-electron chi connectivity index (χ0n) is 8.95. The van der Waals surface area contributed by atoms with Crippen LogP contribution in [-0.2, 0) is 0 Å². The first-order valence-electron chi connectivity index (χ1n) is 5.25. The Hall–Kier alpha value is -1.71. The first-order chi connectivity index (χ1) is 7.79. The Morgan fingerprint density at radius 3 is 1.81 bits per heavy atom. The van der Waals surface area contributed by atoms with E-state index in [-0.39, 0.29) is 12.1 Å². The van der Waals surface area contributed by atoms with Gasteiger partial charge in [0.2, 0.25) is 0 Å². The van der Waals surface area contributed by atoms with Gasteiger partial charge < -0.3 is 11.5 Å². The van der Waals surface area contributed by atoms with E-state index in [1.807, 2.05) is 42.5 Å². The molecule has 0 saturated heterocycles. The topological polar surface area (TPSA) is 64.9 Å². The lowest BCUT2D eigenvalue weighted by molar-refractivity contribution is 0.574. The van der Waals surface area contributed by atoms with E-state index < -0.39 is 0 Å². The molecule has 0 saturated carbocycles. The van der Waals surface area contributed by atoms with Crippen molar-refractivity contribution in [2.45, 2.75) is 12.1 Å². The second kappa shape index (κ2) is 4.88. The van der Waals surface area contributed by atoms with E-state index in [4.69, 9.17) is 11.5 Å². The van der Waals surface area contributed by atoms with E-state index in [9.17, 15) is 0 Å². The fourth-order valence-corrected chi connectivity index (χ4v) is 1.68. The predicted molar refractivity (Wildman–Crippen MR) is 64.5 cm³/mol. The van der Waals surface area contributed by atoms with Crippen LogP contribution in [0.15, 0.2) is 54.9 Å². The third-order valence-corrected chi connectivity index (χ3v) is 2.66. The lowest BCUT2D eigenvalue weighted by Gasteiger charge is -2.20. The van der Waals surface area contributed by atoms with E-state index in [2.05, 4.69) is 4.98 Å². The molecule has 0 aliphatic heterocycles. The number of rotatable bonds is 3. The molecule has 0 bridgehead atoms. The maximum Gasteiger partial charge on any atom is 0.0492 e. The average Bonchev–Trinajstić information content (AvgIpc) is 2.39. The Morgan fingerprint density at radius 2 is 1.25 bits per heavy atom. The van der Waals surface area contributed by atoms with Crippen LogP contribution in [0.3, 0.4) is 0 Å². The molecule has 0 fully saturated rings. The molecule has 1 aromatic carbocycles. The highest BCUT2D eigenvalue weighted by molar-refractivity contribution is 5.25. The summed E-state index contributed by atoms with van der Waals surface area (Å²) < 4.78 is 0. The van der Waals surface area contributed by atoms with Crippen molar-refractivity contribution in [1.82, 2.24) is 4.98 Å². The summed E-state index contributed by atoms with van der Waals surface area (Å²) in [6, 6.07) is 13.3. The van der Waals surface area contributed by atoms with Crippen molar-refractivity contribution in [2.75, 3.05) is 0 Å². The number of aromatic nitrogens is 1. The summed E-state index contributed by atoms with van der Waals surface area (Å²) in [7, 11) is 0. The van der Waals surface area contributed by atoms with E-state index in [1.54, 1.807) is 12.4 Å². The summed E-state index contributed by atoms with van der Waals surface area (Å²) in [6.07, 6.45) is 3.46. The molecule has 4 N–H and O–H groups in total. The van der Waals surface area contributed by atoms with Gasteiger partial charge in [0.1, 0.15) is 0 Å². The summed E-state index contributed by atoms with van der Waals surface area (Å²) in [4.78, 5) is 3.96. The van der Waals surface area contributed by atoms with Crippen molar-refractivity contribution >= 4 is 0 Å². The van der Waals surface area contributed by atoms with Gasteiger partial charge in [-0.1, -0.05) is 30.3 Å². The number of pyridine rings is 1. The minimum atomic E-state index is -0.203. The van der Waals surface area contributed by atoms with Gasteiger partial charge in [-0.2, -0.15) is 0 Å². The lowest BCUT2D eigenvalue weighted by Crippen LogP contribution is -2.26. The highest BCUT2D eigenvalue weighted by Gasteiger charge is 2.16. The van der Waals surface area contributed by atoms with Gasteiger partial charge in [0.25, 0.3) is 0 Å². The van der Waals surface area contributed by atoms with E-state index >= 15 is 0 Å². The van der Waals surface area contributed by atoms with Crippen LogP contribution in [0.25, 0.3) is 0 Å². The highest BCUT2D eigenvalue weighted by Crippen LogP contribution is 2.23. The van der Waals surface area contributed by atoms with Crippen LogP contribution in [0.4, 0.5) is 0 Å². The quantitative estimate of drug-likeness (QED) is 0.816. The number of benzene rings is 1. The number of hydrogen-bond acceptors (Lipinski definition) is 3. The third-order valence-electron chi connectivity index (χ3n) is 2.66. The fourth-order valence-electron chi connectivity index (χ4n) is 1.68. The first kappa shape index (κ1) is 10.8. The van der Waals surface area contributed by atoms with Gasteiger partial charge in [0.15, 0.2) is 0 Å². The molecular formula is C13H15N3. The molecule has 2 aromatic rings. The molecule has 3 heteroatoms. The molecule has 3 nitrogen and oxygen atoms in total. The molecule has 16 heavy (non-hydrogen) atoms. The summed E-state index contributed by atoms with van der Waals surface area (Å²) in [5, 5.41) is 0. The van der Waals surface area contributed by atoms with Crippen LogP contribution in [0.1, 0.15) is 23.2 Å². The van der Waals surface area contributed by atoms with Gasteiger partial charge in [0, 0.05) is 24.5 Å². The summed E-state index contributed by atoms with van der Waals surface area (Å²) >= 11 is 0. The monoisotopic (exact) mass is 213 g/mol. The van der Waals surface area contributed by atoms with Crippen LogP contribution in [0.5, 0.6) is 0 Å². The zero-order valence-corrected chi connectivity index (χ0v) is 8.95. The minimum absolute atomic E-state index is 0.191. The molecule has 0 aliphatic carbocycles. The Kier molecular flexibility index (Phi) is 3.29. The Morgan fingerprint density at radius 1 is 0.750 bits per heavy atom. The number of nitrogens with zero attached hydrogens (tertiary/aromatic N) is 1. The van der Waals surface area contributed by atoms with Crippen molar-refractivity contribution in [1.29, 1.82) is 0 Å². The van der Waals surface area contributed by atoms with Crippen LogP contribution in [0, 0.1) is 0 Å². The molecule has 0 aliphatic rings. The van der Waals surface area contributed by atoms with Gasteiger partial charge in [-0.25, -0.2) is 0 Å². The van der Waals surface area contributed by atoms with Crippen molar-refractivity contribution < 1.29 is 0 Å². The summed E-state index contributed by atoms with van der Waals surface area (Å²) in [6.45, 7) is 0.